The van der Waals surface area contributed by atoms with E-state index >= 15 is 0 Å². The van der Waals surface area contributed by atoms with E-state index in [1.807, 2.05) is 6.08 Å². The summed E-state index contributed by atoms with van der Waals surface area (Å²) in [5.41, 5.74) is 5.63. The first-order chi connectivity index (χ1) is 8.89. The Kier molecular flexibility index (Phi) is 3.94. The van der Waals surface area contributed by atoms with Crippen molar-refractivity contribution in [1.29, 1.82) is 0 Å². The van der Waals surface area contributed by atoms with Crippen molar-refractivity contribution in [2.24, 2.45) is 5.73 Å². The number of hydrogen-bond donors (Lipinski definition) is 1. The number of nitrogens with two attached hydrogens (primary N) is 1. The van der Waals surface area contributed by atoms with Crippen LogP contribution in [-0.4, -0.2) is 0 Å². The molecule has 0 aromatic heterocycles. The van der Waals surface area contributed by atoms with Crippen LogP contribution in [0.2, 0.25) is 0 Å². The Labute approximate surface area is 109 Å². The second kappa shape index (κ2) is 5.33. The van der Waals surface area contributed by atoms with E-state index in [1.165, 1.54) is 0 Å². The lowest BCUT2D eigenvalue weighted by Gasteiger charge is -2.23. The van der Waals surface area contributed by atoms with Crippen LogP contribution in [0.25, 0.3) is 0 Å². The average Bonchev–Trinajstić information content (AvgIpc) is 2.37. The summed E-state index contributed by atoms with van der Waals surface area (Å²) in [6, 6.07) is 1.58. The first-order valence-corrected chi connectivity index (χ1v) is 6.21. The molecular formula is C14H15F4N. The molecule has 0 aliphatic heterocycles. The van der Waals surface area contributed by atoms with E-state index in [-0.39, 0.29) is 5.56 Å². The molecule has 5 heteroatoms. The van der Waals surface area contributed by atoms with Crippen molar-refractivity contribution in [3.05, 3.63) is 46.8 Å². The molecule has 1 aromatic rings. The standard InChI is InChI=1S/C14H15F4N/c15-10-6-7-12(14(16,17)18)11(8-10)13(19)9-4-2-1-3-5-9/h4,6-8,13H,1-3,5,19H2. The molecule has 0 amide bonds. The summed E-state index contributed by atoms with van der Waals surface area (Å²) in [7, 11) is 0. The molecular weight excluding hydrogens is 258 g/mol. The fourth-order valence-corrected chi connectivity index (χ4v) is 2.39. The first kappa shape index (κ1) is 14.1. The molecule has 104 valence electrons. The van der Waals surface area contributed by atoms with Gasteiger partial charge in [0.2, 0.25) is 0 Å². The van der Waals surface area contributed by atoms with Crippen LogP contribution in [-0.2, 0) is 6.18 Å². The van der Waals surface area contributed by atoms with Gasteiger partial charge in [0.15, 0.2) is 0 Å². The zero-order chi connectivity index (χ0) is 14.0. The maximum absolute atomic E-state index is 13.2. The molecule has 0 saturated carbocycles. The van der Waals surface area contributed by atoms with E-state index in [0.717, 1.165) is 43.0 Å². The second-order valence-corrected chi connectivity index (χ2v) is 4.73. The van der Waals surface area contributed by atoms with Crippen LogP contribution in [0.3, 0.4) is 0 Å². The molecule has 1 aliphatic rings. The number of allylic oxidation sites excluding steroid dienone is 1. The normalized spacial score (nSPS) is 18.1. The maximum Gasteiger partial charge on any atom is 0.416 e. The van der Waals surface area contributed by atoms with Gasteiger partial charge in [-0.25, -0.2) is 4.39 Å². The number of hydrogen-bond acceptors (Lipinski definition) is 1. The predicted molar refractivity (Wildman–Crippen MR) is 64.9 cm³/mol. The fraction of sp³-hybridized carbons (Fsp3) is 0.429. The predicted octanol–water partition coefficient (Wildman–Crippen LogP) is 4.34. The third-order valence-corrected chi connectivity index (χ3v) is 3.38. The van der Waals surface area contributed by atoms with Crippen molar-refractivity contribution in [1.82, 2.24) is 0 Å². The van der Waals surface area contributed by atoms with Gasteiger partial charge in [-0.05, 0) is 49.4 Å². The van der Waals surface area contributed by atoms with Gasteiger partial charge >= 0.3 is 6.18 Å². The Hall–Kier alpha value is -1.36. The van der Waals surface area contributed by atoms with Crippen LogP contribution in [0, 0.1) is 5.82 Å². The van der Waals surface area contributed by atoms with Crippen LogP contribution in [0.1, 0.15) is 42.9 Å². The highest BCUT2D eigenvalue weighted by Crippen LogP contribution is 2.37. The summed E-state index contributed by atoms with van der Waals surface area (Å²) in [5.74, 6) is -0.699. The van der Waals surface area contributed by atoms with Crippen molar-refractivity contribution >= 4 is 0 Å². The Morgan fingerprint density at radius 1 is 1.16 bits per heavy atom. The summed E-state index contributed by atoms with van der Waals surface area (Å²) in [5, 5.41) is 0. The number of alkyl halides is 3. The van der Waals surface area contributed by atoms with Crippen molar-refractivity contribution in [2.75, 3.05) is 0 Å². The average molecular weight is 273 g/mol. The van der Waals surface area contributed by atoms with Crippen LogP contribution < -0.4 is 5.73 Å². The van der Waals surface area contributed by atoms with Crippen LogP contribution in [0.15, 0.2) is 29.8 Å². The Balaban J connectivity index is 2.42. The van der Waals surface area contributed by atoms with Gasteiger partial charge < -0.3 is 5.73 Å². The number of benzene rings is 1. The molecule has 0 heterocycles. The van der Waals surface area contributed by atoms with E-state index < -0.39 is 23.6 Å². The summed E-state index contributed by atoms with van der Waals surface area (Å²) in [6.45, 7) is 0. The van der Waals surface area contributed by atoms with Gasteiger partial charge in [0.25, 0.3) is 0 Å². The van der Waals surface area contributed by atoms with Gasteiger partial charge in [-0.2, -0.15) is 13.2 Å². The maximum atomic E-state index is 13.2. The lowest BCUT2D eigenvalue weighted by Crippen LogP contribution is -2.20. The molecule has 19 heavy (non-hydrogen) atoms. The van der Waals surface area contributed by atoms with Crippen LogP contribution in [0.5, 0.6) is 0 Å². The minimum absolute atomic E-state index is 0.180. The molecule has 1 nitrogen and oxygen atoms in total. The van der Waals surface area contributed by atoms with Crippen molar-refractivity contribution in [3.63, 3.8) is 0 Å². The molecule has 0 spiro atoms. The third kappa shape index (κ3) is 3.15. The Bertz CT molecular complexity index is 491. The van der Waals surface area contributed by atoms with Gasteiger partial charge in [-0.1, -0.05) is 11.6 Å². The molecule has 1 atom stereocenters. The lowest BCUT2D eigenvalue weighted by molar-refractivity contribution is -0.138. The Morgan fingerprint density at radius 2 is 1.89 bits per heavy atom. The van der Waals surface area contributed by atoms with Crippen LogP contribution in [0.4, 0.5) is 17.6 Å². The molecule has 2 rings (SSSR count). The highest BCUT2D eigenvalue weighted by Gasteiger charge is 2.35. The van der Waals surface area contributed by atoms with Gasteiger partial charge in [-0.15, -0.1) is 0 Å². The first-order valence-electron chi connectivity index (χ1n) is 6.21. The largest absolute Gasteiger partial charge is 0.416 e. The van der Waals surface area contributed by atoms with E-state index in [2.05, 4.69) is 0 Å². The quantitative estimate of drug-likeness (QED) is 0.629. The minimum Gasteiger partial charge on any atom is -0.321 e. The zero-order valence-corrected chi connectivity index (χ0v) is 10.3. The molecule has 2 N–H and O–H groups in total. The Morgan fingerprint density at radius 3 is 2.47 bits per heavy atom. The molecule has 0 saturated heterocycles. The molecule has 1 aromatic carbocycles. The zero-order valence-electron chi connectivity index (χ0n) is 10.3. The van der Waals surface area contributed by atoms with Gasteiger partial charge in [0.05, 0.1) is 11.6 Å². The second-order valence-electron chi connectivity index (χ2n) is 4.73. The van der Waals surface area contributed by atoms with E-state index in [1.54, 1.807) is 0 Å². The number of rotatable bonds is 2. The SMILES string of the molecule is NC(C1=CCCCC1)c1cc(F)ccc1C(F)(F)F. The summed E-state index contributed by atoms with van der Waals surface area (Å²) < 4.78 is 52.0. The smallest absolute Gasteiger partial charge is 0.321 e. The molecule has 1 unspecified atom stereocenters. The van der Waals surface area contributed by atoms with Crippen molar-refractivity contribution < 1.29 is 17.6 Å². The van der Waals surface area contributed by atoms with E-state index in [0.29, 0.717) is 6.42 Å². The molecule has 0 fully saturated rings. The lowest BCUT2D eigenvalue weighted by atomic mass is 9.88. The molecule has 1 aliphatic carbocycles. The van der Waals surface area contributed by atoms with E-state index in [9.17, 15) is 17.6 Å². The third-order valence-electron chi connectivity index (χ3n) is 3.38. The van der Waals surface area contributed by atoms with E-state index in [4.69, 9.17) is 5.73 Å². The van der Waals surface area contributed by atoms with Gasteiger partial charge in [-0.3, -0.25) is 0 Å². The van der Waals surface area contributed by atoms with Gasteiger partial charge in [0.1, 0.15) is 5.82 Å². The monoisotopic (exact) mass is 273 g/mol. The topological polar surface area (TPSA) is 26.0 Å². The van der Waals surface area contributed by atoms with Crippen molar-refractivity contribution in [3.8, 4) is 0 Å². The van der Waals surface area contributed by atoms with Crippen molar-refractivity contribution in [2.45, 2.75) is 37.9 Å². The van der Waals surface area contributed by atoms with Gasteiger partial charge in [0, 0.05) is 0 Å². The van der Waals surface area contributed by atoms with Crippen LogP contribution >= 0.6 is 0 Å². The molecule has 0 bridgehead atoms. The highest BCUT2D eigenvalue weighted by atomic mass is 19.4. The summed E-state index contributed by atoms with van der Waals surface area (Å²) in [6.07, 6.45) is 0.783. The highest BCUT2D eigenvalue weighted by molar-refractivity contribution is 5.37. The summed E-state index contributed by atoms with van der Waals surface area (Å²) >= 11 is 0. The number of halogens is 4. The fourth-order valence-electron chi connectivity index (χ4n) is 2.39. The molecule has 0 radical (unpaired) electrons. The summed E-state index contributed by atoms with van der Waals surface area (Å²) in [4.78, 5) is 0. The minimum atomic E-state index is -4.52.